The zero-order valence-electron chi connectivity index (χ0n) is 16.4. The molecule has 0 aromatic heterocycles. The molecule has 1 amide bonds. The van der Waals surface area contributed by atoms with Gasteiger partial charge in [-0.3, -0.25) is 9.69 Å². The van der Waals surface area contributed by atoms with Crippen LogP contribution in [0.15, 0.2) is 34.8 Å². The zero-order chi connectivity index (χ0) is 21.0. The Kier molecular flexibility index (Phi) is 6.97. The van der Waals surface area contributed by atoms with Crippen LogP contribution in [0.4, 0.5) is 4.39 Å². The molecular weight excluding hydrogens is 443 g/mol. The standard InChI is InChI=1S/C21H24BrFN2O4/c1-28-17-10-16(22)20(29-2)18(19(17)26)21(27)24-11-15-4-3-9-25(15)12-13-5-7-14(23)8-6-13/h5-8,10,15,26H,3-4,9,11-12H2,1-2H3,(H,24,27)/t15-/m1/s1. The van der Waals surface area contributed by atoms with Gasteiger partial charge in [0.05, 0.1) is 18.7 Å². The second-order valence-electron chi connectivity index (χ2n) is 6.92. The number of ether oxygens (including phenoxy) is 2. The molecule has 3 rings (SSSR count). The fourth-order valence-corrected chi connectivity index (χ4v) is 4.19. The minimum Gasteiger partial charge on any atom is -0.504 e. The van der Waals surface area contributed by atoms with Crippen molar-refractivity contribution in [3.63, 3.8) is 0 Å². The number of rotatable bonds is 7. The van der Waals surface area contributed by atoms with Crippen LogP contribution in [0.25, 0.3) is 0 Å². The summed E-state index contributed by atoms with van der Waals surface area (Å²) in [5.74, 6) is -0.526. The van der Waals surface area contributed by atoms with Gasteiger partial charge < -0.3 is 19.9 Å². The third-order valence-electron chi connectivity index (χ3n) is 5.12. The van der Waals surface area contributed by atoms with Crippen molar-refractivity contribution < 1.29 is 23.8 Å². The summed E-state index contributed by atoms with van der Waals surface area (Å²) in [5, 5.41) is 13.3. The van der Waals surface area contributed by atoms with Gasteiger partial charge in [0.2, 0.25) is 0 Å². The number of hydrogen-bond acceptors (Lipinski definition) is 5. The summed E-state index contributed by atoms with van der Waals surface area (Å²) in [6.07, 6.45) is 1.98. The number of phenols is 1. The highest BCUT2D eigenvalue weighted by Crippen LogP contribution is 2.42. The van der Waals surface area contributed by atoms with Crippen LogP contribution in [0.2, 0.25) is 0 Å². The van der Waals surface area contributed by atoms with Crippen molar-refractivity contribution in [2.24, 2.45) is 0 Å². The molecular formula is C21H24BrFN2O4. The Balaban J connectivity index is 1.70. The second kappa shape index (κ2) is 9.45. The molecule has 6 nitrogen and oxygen atoms in total. The van der Waals surface area contributed by atoms with Crippen LogP contribution in [-0.4, -0.2) is 49.3 Å². The van der Waals surface area contributed by atoms with Crippen LogP contribution in [0, 0.1) is 5.82 Å². The SMILES string of the molecule is COc1cc(Br)c(OC)c(C(=O)NC[C@H]2CCCN2Cc2ccc(F)cc2)c1O. The van der Waals surface area contributed by atoms with Gasteiger partial charge in [-0.15, -0.1) is 0 Å². The number of phenolic OH excluding ortho intramolecular Hbond substituents is 1. The predicted octanol–water partition coefficient (Wildman–Crippen LogP) is 3.71. The van der Waals surface area contributed by atoms with Crippen molar-refractivity contribution in [2.45, 2.75) is 25.4 Å². The molecule has 1 fully saturated rings. The number of methoxy groups -OCH3 is 2. The molecule has 2 aromatic carbocycles. The Morgan fingerprint density at radius 2 is 2.03 bits per heavy atom. The molecule has 0 unspecified atom stereocenters. The normalized spacial score (nSPS) is 16.6. The minimum absolute atomic E-state index is 0.0295. The van der Waals surface area contributed by atoms with Crippen molar-refractivity contribution in [1.82, 2.24) is 10.2 Å². The highest BCUT2D eigenvalue weighted by atomic mass is 79.9. The van der Waals surface area contributed by atoms with Crippen molar-refractivity contribution in [3.8, 4) is 17.2 Å². The number of likely N-dealkylation sites (tertiary alicyclic amines) is 1. The Bertz CT molecular complexity index is 876. The lowest BCUT2D eigenvalue weighted by Crippen LogP contribution is -2.40. The first-order valence-corrected chi connectivity index (χ1v) is 10.1. The molecule has 2 aromatic rings. The first-order valence-electron chi connectivity index (χ1n) is 9.34. The lowest BCUT2D eigenvalue weighted by atomic mass is 10.1. The minimum atomic E-state index is -0.437. The van der Waals surface area contributed by atoms with E-state index in [-0.39, 0.29) is 34.7 Å². The number of carbonyl (C=O) groups is 1. The van der Waals surface area contributed by atoms with E-state index in [1.165, 1.54) is 26.4 Å². The van der Waals surface area contributed by atoms with Crippen LogP contribution in [0.1, 0.15) is 28.8 Å². The van der Waals surface area contributed by atoms with Gasteiger partial charge in [-0.25, -0.2) is 4.39 Å². The zero-order valence-corrected chi connectivity index (χ0v) is 18.0. The average molecular weight is 467 g/mol. The van der Waals surface area contributed by atoms with E-state index < -0.39 is 5.91 Å². The largest absolute Gasteiger partial charge is 0.504 e. The Labute approximate surface area is 177 Å². The highest BCUT2D eigenvalue weighted by Gasteiger charge is 2.28. The maximum absolute atomic E-state index is 13.1. The number of benzene rings is 2. The van der Waals surface area contributed by atoms with Crippen molar-refractivity contribution in [1.29, 1.82) is 0 Å². The number of aromatic hydroxyl groups is 1. The van der Waals surface area contributed by atoms with Crippen LogP contribution >= 0.6 is 15.9 Å². The molecule has 0 aliphatic carbocycles. The first-order chi connectivity index (χ1) is 13.9. The van der Waals surface area contributed by atoms with E-state index in [9.17, 15) is 14.3 Å². The molecule has 0 radical (unpaired) electrons. The van der Waals surface area contributed by atoms with Crippen LogP contribution in [-0.2, 0) is 6.54 Å². The number of halogens is 2. The van der Waals surface area contributed by atoms with Crippen LogP contribution < -0.4 is 14.8 Å². The van der Waals surface area contributed by atoms with E-state index in [1.54, 1.807) is 18.2 Å². The average Bonchev–Trinajstić information content (AvgIpc) is 3.15. The molecule has 0 saturated carbocycles. The van der Waals surface area contributed by atoms with E-state index in [0.29, 0.717) is 17.6 Å². The first kappa shape index (κ1) is 21.4. The molecule has 1 heterocycles. The third kappa shape index (κ3) is 4.82. The Morgan fingerprint density at radius 1 is 1.31 bits per heavy atom. The molecule has 8 heteroatoms. The molecule has 29 heavy (non-hydrogen) atoms. The van der Waals surface area contributed by atoms with Crippen molar-refractivity contribution >= 4 is 21.8 Å². The molecule has 2 N–H and O–H groups in total. The lowest BCUT2D eigenvalue weighted by Gasteiger charge is -2.25. The monoisotopic (exact) mass is 466 g/mol. The van der Waals surface area contributed by atoms with Crippen molar-refractivity contribution in [3.05, 3.63) is 51.7 Å². The van der Waals surface area contributed by atoms with E-state index in [4.69, 9.17) is 9.47 Å². The predicted molar refractivity (Wildman–Crippen MR) is 111 cm³/mol. The van der Waals surface area contributed by atoms with Crippen LogP contribution in [0.3, 0.4) is 0 Å². The fourth-order valence-electron chi connectivity index (χ4n) is 3.62. The lowest BCUT2D eigenvalue weighted by molar-refractivity contribution is 0.0933. The smallest absolute Gasteiger partial charge is 0.259 e. The van der Waals surface area contributed by atoms with E-state index >= 15 is 0 Å². The molecule has 1 aliphatic rings. The van der Waals surface area contributed by atoms with Gasteiger partial charge >= 0.3 is 0 Å². The maximum atomic E-state index is 13.1. The molecule has 0 spiro atoms. The second-order valence-corrected chi connectivity index (χ2v) is 7.77. The van der Waals surface area contributed by atoms with Gasteiger partial charge in [-0.05, 0) is 53.0 Å². The molecule has 0 bridgehead atoms. The quantitative estimate of drug-likeness (QED) is 0.650. The van der Waals surface area contributed by atoms with Gasteiger partial charge in [0.25, 0.3) is 5.91 Å². The molecule has 156 valence electrons. The summed E-state index contributed by atoms with van der Waals surface area (Å²) in [4.78, 5) is 15.1. The summed E-state index contributed by atoms with van der Waals surface area (Å²) >= 11 is 3.34. The van der Waals surface area contributed by atoms with Crippen LogP contribution in [0.5, 0.6) is 17.2 Å². The van der Waals surface area contributed by atoms with E-state index in [1.807, 2.05) is 0 Å². The van der Waals surface area contributed by atoms with Gasteiger partial charge in [0.1, 0.15) is 17.1 Å². The summed E-state index contributed by atoms with van der Waals surface area (Å²) in [6.45, 7) is 2.04. The number of carbonyl (C=O) groups excluding carboxylic acids is 1. The fraction of sp³-hybridized carbons (Fsp3) is 0.381. The Morgan fingerprint density at radius 3 is 2.69 bits per heavy atom. The number of hydrogen-bond donors (Lipinski definition) is 2. The maximum Gasteiger partial charge on any atom is 0.259 e. The highest BCUT2D eigenvalue weighted by molar-refractivity contribution is 9.10. The molecule has 1 atom stereocenters. The summed E-state index contributed by atoms with van der Waals surface area (Å²) in [7, 11) is 2.85. The summed E-state index contributed by atoms with van der Waals surface area (Å²) in [6, 6.07) is 8.17. The third-order valence-corrected chi connectivity index (χ3v) is 5.71. The van der Waals surface area contributed by atoms with Gasteiger partial charge in [-0.1, -0.05) is 12.1 Å². The molecule has 1 aliphatic heterocycles. The van der Waals surface area contributed by atoms with Gasteiger partial charge in [0.15, 0.2) is 11.5 Å². The number of nitrogens with zero attached hydrogens (tertiary/aromatic N) is 1. The molecule has 1 saturated heterocycles. The Hall–Kier alpha value is -2.32. The topological polar surface area (TPSA) is 71.0 Å². The summed E-state index contributed by atoms with van der Waals surface area (Å²) in [5.41, 5.74) is 1.06. The van der Waals surface area contributed by atoms with E-state index in [0.717, 1.165) is 24.9 Å². The van der Waals surface area contributed by atoms with Gasteiger partial charge in [0, 0.05) is 25.2 Å². The van der Waals surface area contributed by atoms with Gasteiger partial charge in [-0.2, -0.15) is 0 Å². The number of amides is 1. The number of nitrogens with one attached hydrogen (secondary N) is 1. The van der Waals surface area contributed by atoms with Crippen molar-refractivity contribution in [2.75, 3.05) is 27.3 Å². The summed E-state index contributed by atoms with van der Waals surface area (Å²) < 4.78 is 24.1. The van der Waals surface area contributed by atoms with E-state index in [2.05, 4.69) is 26.1 Å².